The third-order valence-corrected chi connectivity index (χ3v) is 2.35. The van der Waals surface area contributed by atoms with Crippen molar-refractivity contribution < 1.29 is 0 Å². The van der Waals surface area contributed by atoms with E-state index in [1.54, 1.807) is 16.9 Å². The molecule has 2 rings (SSSR count). The summed E-state index contributed by atoms with van der Waals surface area (Å²) in [6.07, 6.45) is 4.41. The summed E-state index contributed by atoms with van der Waals surface area (Å²) < 4.78 is 1.79. The molecule has 2 aromatic rings. The molecule has 0 aliphatic rings. The van der Waals surface area contributed by atoms with Gasteiger partial charge in [-0.2, -0.15) is 10.4 Å². The maximum Gasteiger partial charge on any atom is 0.142 e. The van der Waals surface area contributed by atoms with Crippen LogP contribution in [0.15, 0.2) is 30.6 Å². The van der Waals surface area contributed by atoms with Crippen molar-refractivity contribution in [2.45, 2.75) is 6.42 Å². The first-order valence-electron chi connectivity index (χ1n) is 5.36. The van der Waals surface area contributed by atoms with Crippen LogP contribution in [0.1, 0.15) is 11.4 Å². The van der Waals surface area contributed by atoms with Crippen LogP contribution in [0.2, 0.25) is 0 Å². The lowest BCUT2D eigenvalue weighted by Crippen LogP contribution is -2.06. The fraction of sp³-hybridized carbons (Fsp3) is 0.250. The van der Waals surface area contributed by atoms with E-state index in [2.05, 4.69) is 15.4 Å². The van der Waals surface area contributed by atoms with Gasteiger partial charge in [0, 0.05) is 38.1 Å². The molecule has 0 fully saturated rings. The maximum atomic E-state index is 8.72. The van der Waals surface area contributed by atoms with E-state index in [4.69, 9.17) is 5.26 Å². The number of pyridine rings is 1. The van der Waals surface area contributed by atoms with E-state index >= 15 is 0 Å². The molecule has 2 aromatic heterocycles. The van der Waals surface area contributed by atoms with Crippen LogP contribution in [-0.4, -0.2) is 21.3 Å². The lowest BCUT2D eigenvalue weighted by atomic mass is 10.3. The molecule has 0 amide bonds. The number of nitriles is 1. The minimum Gasteiger partial charge on any atom is -0.385 e. The standard InChI is InChI=1S/C12H13N5/c1-17-7-4-10(16-17)2-5-14-11-3-6-15-12(8-11)9-13/h3-4,6-8H,2,5H2,1H3,(H,14,15). The summed E-state index contributed by atoms with van der Waals surface area (Å²) >= 11 is 0. The molecule has 0 bridgehead atoms. The van der Waals surface area contributed by atoms with Crippen molar-refractivity contribution in [2.24, 2.45) is 7.05 Å². The van der Waals surface area contributed by atoms with E-state index in [-0.39, 0.29) is 0 Å². The van der Waals surface area contributed by atoms with E-state index in [9.17, 15) is 0 Å². The predicted molar refractivity (Wildman–Crippen MR) is 64.4 cm³/mol. The maximum absolute atomic E-state index is 8.72. The average Bonchev–Trinajstić information content (AvgIpc) is 2.75. The van der Waals surface area contributed by atoms with Crippen molar-refractivity contribution in [1.29, 1.82) is 5.26 Å². The van der Waals surface area contributed by atoms with Crippen molar-refractivity contribution in [3.05, 3.63) is 42.0 Å². The Labute approximate surface area is 99.7 Å². The van der Waals surface area contributed by atoms with Gasteiger partial charge in [-0.05, 0) is 18.2 Å². The summed E-state index contributed by atoms with van der Waals surface area (Å²) in [5.41, 5.74) is 2.38. The highest BCUT2D eigenvalue weighted by molar-refractivity contribution is 5.45. The SMILES string of the molecule is Cn1ccc(CCNc2ccnc(C#N)c2)n1. The topological polar surface area (TPSA) is 66.5 Å². The van der Waals surface area contributed by atoms with Gasteiger partial charge in [0.25, 0.3) is 0 Å². The van der Waals surface area contributed by atoms with Crippen molar-refractivity contribution in [3.63, 3.8) is 0 Å². The molecule has 0 unspecified atom stereocenters. The van der Waals surface area contributed by atoms with Gasteiger partial charge < -0.3 is 5.32 Å². The zero-order valence-electron chi connectivity index (χ0n) is 9.59. The predicted octanol–water partition coefficient (Wildman–Crippen LogP) is 1.34. The van der Waals surface area contributed by atoms with Gasteiger partial charge in [0.15, 0.2) is 0 Å². The van der Waals surface area contributed by atoms with E-state index < -0.39 is 0 Å². The molecule has 5 heteroatoms. The van der Waals surface area contributed by atoms with E-state index in [0.29, 0.717) is 5.69 Å². The highest BCUT2D eigenvalue weighted by atomic mass is 15.2. The Morgan fingerprint density at radius 2 is 2.35 bits per heavy atom. The van der Waals surface area contributed by atoms with Crippen LogP contribution < -0.4 is 5.32 Å². The van der Waals surface area contributed by atoms with Gasteiger partial charge in [-0.3, -0.25) is 4.68 Å². The molecule has 0 aliphatic heterocycles. The van der Waals surface area contributed by atoms with Gasteiger partial charge in [-0.25, -0.2) is 4.98 Å². The first kappa shape index (κ1) is 11.1. The summed E-state index contributed by atoms with van der Waals surface area (Å²) in [7, 11) is 1.90. The zero-order chi connectivity index (χ0) is 12.1. The number of aryl methyl sites for hydroxylation is 1. The first-order chi connectivity index (χ1) is 8.28. The molecule has 0 aliphatic carbocycles. The number of nitrogens with zero attached hydrogens (tertiary/aromatic N) is 4. The summed E-state index contributed by atoms with van der Waals surface area (Å²) in [5.74, 6) is 0. The number of nitrogens with one attached hydrogen (secondary N) is 1. The van der Waals surface area contributed by atoms with Gasteiger partial charge in [0.05, 0.1) is 5.69 Å². The van der Waals surface area contributed by atoms with Crippen LogP contribution in [-0.2, 0) is 13.5 Å². The Bertz CT molecular complexity index is 538. The number of rotatable bonds is 4. The zero-order valence-corrected chi connectivity index (χ0v) is 9.59. The molecular formula is C12H13N5. The lowest BCUT2D eigenvalue weighted by Gasteiger charge is -2.04. The smallest absolute Gasteiger partial charge is 0.142 e. The van der Waals surface area contributed by atoms with E-state index in [1.807, 2.05) is 31.4 Å². The Morgan fingerprint density at radius 3 is 3.06 bits per heavy atom. The van der Waals surface area contributed by atoms with Crippen LogP contribution in [0.5, 0.6) is 0 Å². The number of anilines is 1. The van der Waals surface area contributed by atoms with Crippen LogP contribution >= 0.6 is 0 Å². The van der Waals surface area contributed by atoms with E-state index in [1.165, 1.54) is 0 Å². The molecule has 0 saturated carbocycles. The highest BCUT2D eigenvalue weighted by Crippen LogP contribution is 2.07. The molecular weight excluding hydrogens is 214 g/mol. The Balaban J connectivity index is 1.88. The van der Waals surface area contributed by atoms with Gasteiger partial charge in [-0.1, -0.05) is 0 Å². The minimum atomic E-state index is 0.424. The second kappa shape index (κ2) is 5.12. The quantitative estimate of drug-likeness (QED) is 0.856. The monoisotopic (exact) mass is 227 g/mol. The highest BCUT2D eigenvalue weighted by Gasteiger charge is 1.98. The molecule has 2 heterocycles. The first-order valence-corrected chi connectivity index (χ1v) is 5.36. The van der Waals surface area contributed by atoms with Crippen molar-refractivity contribution in [1.82, 2.24) is 14.8 Å². The third kappa shape index (κ3) is 3.05. The summed E-state index contributed by atoms with van der Waals surface area (Å²) in [4.78, 5) is 3.91. The summed E-state index contributed by atoms with van der Waals surface area (Å²) in [6, 6.07) is 7.59. The molecule has 5 nitrogen and oxygen atoms in total. The van der Waals surface area contributed by atoms with Crippen molar-refractivity contribution in [3.8, 4) is 6.07 Å². The summed E-state index contributed by atoms with van der Waals surface area (Å²) in [6.45, 7) is 0.784. The molecule has 0 atom stereocenters. The average molecular weight is 227 g/mol. The third-order valence-electron chi connectivity index (χ3n) is 2.35. The van der Waals surface area contributed by atoms with Crippen LogP contribution in [0, 0.1) is 11.3 Å². The molecule has 1 N–H and O–H groups in total. The van der Waals surface area contributed by atoms with Gasteiger partial charge >= 0.3 is 0 Å². The molecule has 0 saturated heterocycles. The molecule has 86 valence electrons. The lowest BCUT2D eigenvalue weighted by molar-refractivity contribution is 0.742. The van der Waals surface area contributed by atoms with Crippen molar-refractivity contribution >= 4 is 5.69 Å². The summed E-state index contributed by atoms with van der Waals surface area (Å²) in [5, 5.41) is 16.2. The molecule has 17 heavy (non-hydrogen) atoms. The minimum absolute atomic E-state index is 0.424. The van der Waals surface area contributed by atoms with Gasteiger partial charge in [0.2, 0.25) is 0 Å². The number of hydrogen-bond donors (Lipinski definition) is 1. The number of aromatic nitrogens is 3. The molecule has 0 aromatic carbocycles. The van der Waals surface area contributed by atoms with Crippen LogP contribution in [0.4, 0.5) is 5.69 Å². The van der Waals surface area contributed by atoms with E-state index in [0.717, 1.165) is 24.3 Å². The molecule has 0 radical (unpaired) electrons. The second-order valence-electron chi connectivity index (χ2n) is 3.70. The fourth-order valence-electron chi connectivity index (χ4n) is 1.53. The second-order valence-corrected chi connectivity index (χ2v) is 3.70. The normalized spacial score (nSPS) is 9.88. The largest absolute Gasteiger partial charge is 0.385 e. The Hall–Kier alpha value is -2.35. The van der Waals surface area contributed by atoms with Crippen LogP contribution in [0.3, 0.4) is 0 Å². The Kier molecular flexibility index (Phi) is 3.36. The fourth-order valence-corrected chi connectivity index (χ4v) is 1.53. The van der Waals surface area contributed by atoms with Crippen molar-refractivity contribution in [2.75, 3.05) is 11.9 Å². The van der Waals surface area contributed by atoms with Crippen LogP contribution in [0.25, 0.3) is 0 Å². The molecule has 0 spiro atoms. The number of hydrogen-bond acceptors (Lipinski definition) is 4. The Morgan fingerprint density at radius 1 is 1.47 bits per heavy atom. The van der Waals surface area contributed by atoms with Gasteiger partial charge in [0.1, 0.15) is 11.8 Å². The van der Waals surface area contributed by atoms with Gasteiger partial charge in [-0.15, -0.1) is 0 Å².